The molecule has 1 heterocycles. The number of amides is 1. The highest BCUT2D eigenvalue weighted by Gasteiger charge is 2.05. The lowest BCUT2D eigenvalue weighted by Crippen LogP contribution is -2.26. The van der Waals surface area contributed by atoms with Crippen LogP contribution in [-0.4, -0.2) is 41.1 Å². The van der Waals surface area contributed by atoms with Crippen molar-refractivity contribution in [1.29, 1.82) is 0 Å². The molecule has 1 amide bonds. The van der Waals surface area contributed by atoms with Gasteiger partial charge in [-0.1, -0.05) is 6.92 Å². The molecule has 1 aromatic rings. The molecule has 0 bridgehead atoms. The van der Waals surface area contributed by atoms with Crippen LogP contribution in [0.3, 0.4) is 0 Å². The van der Waals surface area contributed by atoms with E-state index in [1.54, 1.807) is 0 Å². The summed E-state index contributed by atoms with van der Waals surface area (Å²) < 4.78 is 4.85. The molecule has 0 fully saturated rings. The van der Waals surface area contributed by atoms with Crippen molar-refractivity contribution in [3.8, 4) is 6.01 Å². The Kier molecular flexibility index (Phi) is 6.13. The number of anilines is 1. The molecule has 0 aliphatic carbocycles. The molecule has 0 aromatic carbocycles. The number of nitrogens with one attached hydrogen (secondary N) is 2. The summed E-state index contributed by atoms with van der Waals surface area (Å²) in [6.45, 7) is 3.10. The monoisotopic (exact) mass is 273 g/mol. The van der Waals surface area contributed by atoms with Gasteiger partial charge in [0.15, 0.2) is 0 Å². The molecule has 8 heteroatoms. The van der Waals surface area contributed by atoms with Gasteiger partial charge in [0.2, 0.25) is 17.1 Å². The average molecular weight is 274 g/mol. The van der Waals surface area contributed by atoms with Crippen LogP contribution in [0.2, 0.25) is 5.28 Å². The van der Waals surface area contributed by atoms with E-state index in [-0.39, 0.29) is 23.1 Å². The predicted octanol–water partition coefficient (Wildman–Crippen LogP) is 0.862. The lowest BCUT2D eigenvalue weighted by molar-refractivity contribution is -0.120. The number of aromatic nitrogens is 3. The molecule has 7 nitrogen and oxygen atoms in total. The number of ether oxygens (including phenoxy) is 1. The summed E-state index contributed by atoms with van der Waals surface area (Å²) in [5, 5.41) is 5.69. The van der Waals surface area contributed by atoms with Crippen LogP contribution in [0.1, 0.15) is 19.8 Å². The summed E-state index contributed by atoms with van der Waals surface area (Å²) in [5.41, 5.74) is 0. The Hall–Kier alpha value is -1.63. The Morgan fingerprint density at radius 2 is 2.11 bits per heavy atom. The highest BCUT2D eigenvalue weighted by molar-refractivity contribution is 6.28. The maximum absolute atomic E-state index is 11.3. The van der Waals surface area contributed by atoms with Crippen LogP contribution in [0, 0.1) is 0 Å². The minimum atomic E-state index is -0.0172. The Balaban J connectivity index is 2.39. The quantitative estimate of drug-likeness (QED) is 0.766. The van der Waals surface area contributed by atoms with E-state index < -0.39 is 0 Å². The summed E-state index contributed by atoms with van der Waals surface area (Å²) in [5.74, 6) is 0.270. The number of hydrogen-bond donors (Lipinski definition) is 2. The second-order valence-corrected chi connectivity index (χ2v) is 3.78. The molecule has 18 heavy (non-hydrogen) atoms. The van der Waals surface area contributed by atoms with Gasteiger partial charge < -0.3 is 15.4 Å². The number of nitrogens with zero attached hydrogens (tertiary/aromatic N) is 3. The van der Waals surface area contributed by atoms with Gasteiger partial charge in [0.1, 0.15) is 0 Å². The SMILES string of the molecule is CCCNC(=O)CCNc1nc(Cl)nc(OC)n1. The van der Waals surface area contributed by atoms with E-state index in [0.717, 1.165) is 6.42 Å². The zero-order valence-corrected chi connectivity index (χ0v) is 11.1. The molecule has 1 aromatic heterocycles. The van der Waals surface area contributed by atoms with Gasteiger partial charge in [-0.15, -0.1) is 0 Å². The smallest absolute Gasteiger partial charge is 0.322 e. The first-order valence-corrected chi connectivity index (χ1v) is 5.99. The summed E-state index contributed by atoms with van der Waals surface area (Å²) >= 11 is 5.68. The van der Waals surface area contributed by atoms with Crippen LogP contribution in [0.15, 0.2) is 0 Å². The second kappa shape index (κ2) is 7.65. The van der Waals surface area contributed by atoms with Gasteiger partial charge in [-0.25, -0.2) is 0 Å². The molecule has 0 saturated carbocycles. The standard InChI is InChI=1S/C10H16ClN5O2/c1-3-5-12-7(17)4-6-13-9-14-8(11)15-10(16-9)18-2/h3-6H2,1-2H3,(H,12,17)(H,13,14,15,16). The van der Waals surface area contributed by atoms with Crippen molar-refractivity contribution < 1.29 is 9.53 Å². The van der Waals surface area contributed by atoms with Crippen molar-refractivity contribution in [2.45, 2.75) is 19.8 Å². The zero-order valence-electron chi connectivity index (χ0n) is 10.4. The first kappa shape index (κ1) is 14.4. The molecular formula is C10H16ClN5O2. The second-order valence-electron chi connectivity index (χ2n) is 3.44. The molecular weight excluding hydrogens is 258 g/mol. The zero-order chi connectivity index (χ0) is 13.4. The normalized spacial score (nSPS) is 9.94. The summed E-state index contributed by atoms with van der Waals surface area (Å²) in [7, 11) is 1.44. The average Bonchev–Trinajstić information content (AvgIpc) is 2.35. The number of carbonyl (C=O) groups is 1. The van der Waals surface area contributed by atoms with Gasteiger partial charge in [0, 0.05) is 19.5 Å². The van der Waals surface area contributed by atoms with Gasteiger partial charge in [-0.05, 0) is 18.0 Å². The van der Waals surface area contributed by atoms with E-state index in [1.165, 1.54) is 7.11 Å². The van der Waals surface area contributed by atoms with Crippen LogP contribution >= 0.6 is 11.6 Å². The van der Waals surface area contributed by atoms with Crippen molar-refractivity contribution in [2.24, 2.45) is 0 Å². The molecule has 0 unspecified atom stereocenters. The van der Waals surface area contributed by atoms with E-state index >= 15 is 0 Å². The molecule has 0 saturated heterocycles. The Labute approximate surface area is 110 Å². The maximum atomic E-state index is 11.3. The number of rotatable bonds is 7. The molecule has 0 atom stereocenters. The highest BCUT2D eigenvalue weighted by atomic mass is 35.5. The van der Waals surface area contributed by atoms with Crippen LogP contribution in [0.25, 0.3) is 0 Å². The molecule has 0 aliphatic rings. The molecule has 0 radical (unpaired) electrons. The number of methoxy groups -OCH3 is 1. The van der Waals surface area contributed by atoms with Crippen LogP contribution in [-0.2, 0) is 4.79 Å². The largest absolute Gasteiger partial charge is 0.467 e. The summed E-state index contributed by atoms with van der Waals surface area (Å²) in [6, 6.07) is 0.132. The molecule has 0 aliphatic heterocycles. The number of hydrogen-bond acceptors (Lipinski definition) is 6. The predicted molar refractivity (Wildman–Crippen MR) is 67.8 cm³/mol. The third-order valence-corrected chi connectivity index (χ3v) is 2.15. The van der Waals surface area contributed by atoms with Gasteiger partial charge in [-0.3, -0.25) is 4.79 Å². The van der Waals surface area contributed by atoms with E-state index in [2.05, 4.69) is 25.6 Å². The van der Waals surface area contributed by atoms with Crippen LogP contribution < -0.4 is 15.4 Å². The highest BCUT2D eigenvalue weighted by Crippen LogP contribution is 2.10. The molecule has 2 N–H and O–H groups in total. The third-order valence-electron chi connectivity index (χ3n) is 1.98. The van der Waals surface area contributed by atoms with E-state index in [1.807, 2.05) is 6.92 Å². The number of halogens is 1. The Morgan fingerprint density at radius 3 is 2.78 bits per heavy atom. The van der Waals surface area contributed by atoms with Crippen LogP contribution in [0.4, 0.5) is 5.95 Å². The van der Waals surface area contributed by atoms with Crippen molar-refractivity contribution in [3.63, 3.8) is 0 Å². The Bertz CT molecular complexity index is 402. The third kappa shape index (κ3) is 5.13. The lowest BCUT2D eigenvalue weighted by Gasteiger charge is -2.06. The van der Waals surface area contributed by atoms with Gasteiger partial charge in [0.05, 0.1) is 7.11 Å². The van der Waals surface area contributed by atoms with Gasteiger partial charge >= 0.3 is 6.01 Å². The minimum absolute atomic E-state index is 0.0172. The molecule has 1 rings (SSSR count). The topological polar surface area (TPSA) is 89.0 Å². The van der Waals surface area contributed by atoms with Crippen LogP contribution in [0.5, 0.6) is 6.01 Å². The Morgan fingerprint density at radius 1 is 1.33 bits per heavy atom. The van der Waals surface area contributed by atoms with Crippen molar-refractivity contribution in [2.75, 3.05) is 25.5 Å². The first-order valence-electron chi connectivity index (χ1n) is 5.61. The summed E-state index contributed by atoms with van der Waals surface area (Å²) in [4.78, 5) is 22.9. The van der Waals surface area contributed by atoms with Gasteiger partial charge in [0.25, 0.3) is 0 Å². The van der Waals surface area contributed by atoms with Crippen molar-refractivity contribution in [3.05, 3.63) is 5.28 Å². The van der Waals surface area contributed by atoms with Gasteiger partial charge in [-0.2, -0.15) is 15.0 Å². The molecule has 100 valence electrons. The number of carbonyl (C=O) groups excluding carboxylic acids is 1. The first-order chi connectivity index (χ1) is 8.65. The fraction of sp³-hybridized carbons (Fsp3) is 0.600. The van der Waals surface area contributed by atoms with Crippen molar-refractivity contribution >= 4 is 23.5 Å². The fourth-order valence-electron chi connectivity index (χ4n) is 1.14. The fourth-order valence-corrected chi connectivity index (χ4v) is 1.30. The van der Waals surface area contributed by atoms with Crippen molar-refractivity contribution in [1.82, 2.24) is 20.3 Å². The van der Waals surface area contributed by atoms with E-state index in [4.69, 9.17) is 16.3 Å². The molecule has 0 spiro atoms. The summed E-state index contributed by atoms with van der Waals surface area (Å²) in [6.07, 6.45) is 1.26. The lowest BCUT2D eigenvalue weighted by atomic mass is 10.4. The van der Waals surface area contributed by atoms with E-state index in [9.17, 15) is 4.79 Å². The minimum Gasteiger partial charge on any atom is -0.467 e. The maximum Gasteiger partial charge on any atom is 0.322 e. The van der Waals surface area contributed by atoms with E-state index in [0.29, 0.717) is 19.5 Å².